The summed E-state index contributed by atoms with van der Waals surface area (Å²) in [6, 6.07) is 11.2. The van der Waals surface area contributed by atoms with Gasteiger partial charge in [-0.2, -0.15) is 5.48 Å². The van der Waals surface area contributed by atoms with Gasteiger partial charge in [-0.3, -0.25) is 4.79 Å². The first-order valence-corrected chi connectivity index (χ1v) is 5.89. The number of nitrogens with two attached hydrogens (primary N) is 1. The van der Waals surface area contributed by atoms with Crippen LogP contribution in [0.3, 0.4) is 0 Å². The van der Waals surface area contributed by atoms with Crippen molar-refractivity contribution in [3.63, 3.8) is 0 Å². The maximum atomic E-state index is 11.6. The van der Waals surface area contributed by atoms with Gasteiger partial charge in [0.05, 0.1) is 5.56 Å². The van der Waals surface area contributed by atoms with E-state index in [0.29, 0.717) is 5.00 Å². The third-order valence-corrected chi connectivity index (χ3v) is 3.25. The average molecular weight is 262 g/mol. The molecule has 0 radical (unpaired) electrons. The van der Waals surface area contributed by atoms with Gasteiger partial charge < -0.3 is 10.6 Å². The second-order valence-corrected chi connectivity index (χ2v) is 4.46. The molecule has 0 bridgehead atoms. The Morgan fingerprint density at radius 3 is 2.72 bits per heavy atom. The Kier molecular flexibility index (Phi) is 3.59. The van der Waals surface area contributed by atoms with E-state index < -0.39 is 5.97 Å². The lowest BCUT2D eigenvalue weighted by atomic mass is 10.1. The van der Waals surface area contributed by atoms with Crippen LogP contribution in [0.4, 0.5) is 5.00 Å². The van der Waals surface area contributed by atoms with Crippen LogP contribution in [0.15, 0.2) is 36.4 Å². The zero-order valence-corrected chi connectivity index (χ0v) is 10.1. The number of rotatable bonds is 4. The largest absolute Gasteiger partial charge is 0.390 e. The SMILES string of the molecule is Nc1sc(-c2ccccc2)cc1C(=O)ONC=O. The van der Waals surface area contributed by atoms with Crippen LogP contribution in [0, 0.1) is 0 Å². The number of hydrogen-bond acceptors (Lipinski definition) is 5. The summed E-state index contributed by atoms with van der Waals surface area (Å²) in [4.78, 5) is 26.9. The Labute approximate surface area is 107 Å². The first kappa shape index (κ1) is 12.1. The lowest BCUT2D eigenvalue weighted by molar-refractivity contribution is -0.117. The number of carbonyl (C=O) groups is 2. The van der Waals surface area contributed by atoms with Gasteiger partial charge in [0.2, 0.25) is 6.41 Å². The molecule has 6 heteroatoms. The molecule has 0 aliphatic heterocycles. The van der Waals surface area contributed by atoms with Crippen molar-refractivity contribution in [3.8, 4) is 10.4 Å². The maximum Gasteiger partial charge on any atom is 0.365 e. The van der Waals surface area contributed by atoms with Gasteiger partial charge in [-0.1, -0.05) is 30.3 Å². The minimum Gasteiger partial charge on any atom is -0.390 e. The summed E-state index contributed by atoms with van der Waals surface area (Å²) in [5.41, 5.74) is 8.81. The molecule has 0 spiro atoms. The van der Waals surface area contributed by atoms with Gasteiger partial charge in [0, 0.05) is 4.88 Å². The zero-order chi connectivity index (χ0) is 13.0. The molecule has 92 valence electrons. The number of nitrogen functional groups attached to an aromatic ring is 1. The molecule has 1 heterocycles. The van der Waals surface area contributed by atoms with Gasteiger partial charge in [0.25, 0.3) is 0 Å². The highest BCUT2D eigenvalue weighted by Gasteiger charge is 2.16. The topological polar surface area (TPSA) is 81.4 Å². The smallest absolute Gasteiger partial charge is 0.365 e. The highest BCUT2D eigenvalue weighted by Crippen LogP contribution is 2.33. The van der Waals surface area contributed by atoms with Crippen molar-refractivity contribution in [1.82, 2.24) is 5.48 Å². The van der Waals surface area contributed by atoms with Crippen LogP contribution >= 0.6 is 11.3 Å². The Morgan fingerprint density at radius 2 is 2.06 bits per heavy atom. The highest BCUT2D eigenvalue weighted by atomic mass is 32.1. The van der Waals surface area contributed by atoms with Gasteiger partial charge in [-0.15, -0.1) is 11.3 Å². The van der Waals surface area contributed by atoms with Gasteiger partial charge in [0.15, 0.2) is 0 Å². The molecule has 1 aromatic carbocycles. The summed E-state index contributed by atoms with van der Waals surface area (Å²) in [6.45, 7) is 0. The number of benzene rings is 1. The van der Waals surface area contributed by atoms with Crippen molar-refractivity contribution in [2.24, 2.45) is 0 Å². The molecule has 2 rings (SSSR count). The molecule has 0 aliphatic rings. The van der Waals surface area contributed by atoms with Crippen LogP contribution in [0.5, 0.6) is 0 Å². The number of anilines is 1. The van der Waals surface area contributed by atoms with Gasteiger partial charge >= 0.3 is 5.97 Å². The van der Waals surface area contributed by atoms with E-state index in [1.54, 1.807) is 6.07 Å². The van der Waals surface area contributed by atoms with E-state index in [9.17, 15) is 9.59 Å². The van der Waals surface area contributed by atoms with Crippen LogP contribution in [-0.4, -0.2) is 12.4 Å². The lowest BCUT2D eigenvalue weighted by Gasteiger charge is -1.98. The third kappa shape index (κ3) is 2.49. The van der Waals surface area contributed by atoms with Gasteiger partial charge in [-0.05, 0) is 11.6 Å². The fraction of sp³-hybridized carbons (Fsp3) is 0. The molecule has 5 nitrogen and oxygen atoms in total. The lowest BCUT2D eigenvalue weighted by Crippen LogP contribution is -2.18. The summed E-state index contributed by atoms with van der Waals surface area (Å²) in [6.07, 6.45) is 0.276. The molecular formula is C12H10N2O3S. The second-order valence-electron chi connectivity index (χ2n) is 3.38. The quantitative estimate of drug-likeness (QED) is 0.650. The molecule has 0 aliphatic carbocycles. The summed E-state index contributed by atoms with van der Waals surface area (Å²) >= 11 is 1.29. The molecular weight excluding hydrogens is 252 g/mol. The summed E-state index contributed by atoms with van der Waals surface area (Å²) in [5.74, 6) is -0.682. The predicted octanol–water partition coefficient (Wildman–Crippen LogP) is 1.82. The Bertz CT molecular complexity index is 566. The second kappa shape index (κ2) is 5.33. The molecule has 1 amide bonds. The molecule has 0 fully saturated rings. The number of carbonyl (C=O) groups excluding carboxylic acids is 2. The summed E-state index contributed by atoms with van der Waals surface area (Å²) in [5, 5.41) is 0.353. The minimum absolute atomic E-state index is 0.244. The van der Waals surface area contributed by atoms with Crippen molar-refractivity contribution in [2.45, 2.75) is 0 Å². The number of nitrogens with one attached hydrogen (secondary N) is 1. The van der Waals surface area contributed by atoms with Crippen LogP contribution in [0.2, 0.25) is 0 Å². The van der Waals surface area contributed by atoms with Crippen molar-refractivity contribution >= 4 is 28.7 Å². The van der Waals surface area contributed by atoms with Crippen molar-refractivity contribution < 1.29 is 14.4 Å². The monoisotopic (exact) mass is 262 g/mol. The Balaban J connectivity index is 2.27. The van der Waals surface area contributed by atoms with Crippen molar-refractivity contribution in [3.05, 3.63) is 42.0 Å². The van der Waals surface area contributed by atoms with Crippen LogP contribution in [0.25, 0.3) is 10.4 Å². The van der Waals surface area contributed by atoms with E-state index in [1.165, 1.54) is 11.3 Å². The van der Waals surface area contributed by atoms with Gasteiger partial charge in [0.1, 0.15) is 5.00 Å². The molecule has 18 heavy (non-hydrogen) atoms. The molecule has 3 N–H and O–H groups in total. The first-order valence-electron chi connectivity index (χ1n) is 5.07. The van der Waals surface area contributed by atoms with E-state index in [2.05, 4.69) is 4.84 Å². The van der Waals surface area contributed by atoms with Crippen LogP contribution < -0.4 is 11.2 Å². The Morgan fingerprint density at radius 1 is 1.33 bits per heavy atom. The van der Waals surface area contributed by atoms with Gasteiger partial charge in [-0.25, -0.2) is 4.79 Å². The fourth-order valence-electron chi connectivity index (χ4n) is 1.44. The van der Waals surface area contributed by atoms with Crippen LogP contribution in [-0.2, 0) is 9.63 Å². The van der Waals surface area contributed by atoms with E-state index in [0.717, 1.165) is 10.4 Å². The highest BCUT2D eigenvalue weighted by molar-refractivity contribution is 7.19. The van der Waals surface area contributed by atoms with E-state index in [4.69, 9.17) is 5.73 Å². The predicted molar refractivity (Wildman–Crippen MR) is 68.8 cm³/mol. The van der Waals surface area contributed by atoms with Crippen molar-refractivity contribution in [1.29, 1.82) is 0 Å². The molecule has 1 aromatic heterocycles. The average Bonchev–Trinajstić information content (AvgIpc) is 2.79. The molecule has 0 unspecified atom stereocenters. The standard InChI is InChI=1S/C12H10N2O3S/c13-11-9(12(16)17-14-7-15)6-10(18-11)8-4-2-1-3-5-8/h1-7H,13H2,(H,14,15). The molecule has 2 aromatic rings. The summed E-state index contributed by atoms with van der Waals surface area (Å²) in [7, 11) is 0. The maximum absolute atomic E-state index is 11.6. The fourth-order valence-corrected chi connectivity index (χ4v) is 2.36. The Hall–Kier alpha value is -2.34. The first-order chi connectivity index (χ1) is 8.72. The molecule has 0 saturated heterocycles. The molecule has 0 atom stereocenters. The van der Waals surface area contributed by atoms with E-state index >= 15 is 0 Å². The van der Waals surface area contributed by atoms with Crippen LogP contribution in [0.1, 0.15) is 10.4 Å². The number of thiophene rings is 1. The molecule has 0 saturated carbocycles. The minimum atomic E-state index is -0.682. The zero-order valence-electron chi connectivity index (χ0n) is 9.25. The van der Waals surface area contributed by atoms with E-state index in [1.807, 2.05) is 35.8 Å². The number of hydroxylamine groups is 1. The third-order valence-electron chi connectivity index (χ3n) is 2.24. The number of hydrogen-bond donors (Lipinski definition) is 2. The number of amides is 1. The van der Waals surface area contributed by atoms with Crippen molar-refractivity contribution in [2.75, 3.05) is 5.73 Å². The summed E-state index contributed by atoms with van der Waals surface area (Å²) < 4.78 is 0. The normalized spacial score (nSPS) is 9.78. The van der Waals surface area contributed by atoms with E-state index in [-0.39, 0.29) is 12.0 Å².